The van der Waals surface area contributed by atoms with Crippen LogP contribution in [0.5, 0.6) is 0 Å². The third kappa shape index (κ3) is 4.11. The number of hydrogen-bond acceptors (Lipinski definition) is 4. The molecule has 1 aromatic heterocycles. The molecule has 0 fully saturated rings. The maximum absolute atomic E-state index is 4.31. The molecular weight excluding hydrogens is 224 g/mol. The summed E-state index contributed by atoms with van der Waals surface area (Å²) in [6, 6.07) is 4.04. The molecule has 18 heavy (non-hydrogen) atoms. The Labute approximate surface area is 110 Å². The minimum Gasteiger partial charge on any atom is -0.347 e. The molecule has 0 amide bonds. The Bertz CT molecular complexity index is 364. The quantitative estimate of drug-likeness (QED) is 0.785. The van der Waals surface area contributed by atoms with Crippen molar-refractivity contribution in [3.63, 3.8) is 0 Å². The molecule has 100 valence electrons. The molecular formula is C14H24N4. The van der Waals surface area contributed by atoms with E-state index in [0.29, 0.717) is 0 Å². The Morgan fingerprint density at radius 3 is 2.50 bits per heavy atom. The molecule has 0 saturated heterocycles. The van der Waals surface area contributed by atoms with Crippen molar-refractivity contribution in [2.75, 3.05) is 18.0 Å². The molecule has 0 spiro atoms. The molecule has 0 aliphatic heterocycles. The lowest BCUT2D eigenvalue weighted by molar-refractivity contribution is 0.514. The molecule has 1 heterocycles. The maximum atomic E-state index is 4.31. The molecule has 1 rings (SSSR count). The summed E-state index contributed by atoms with van der Waals surface area (Å²) in [5.74, 6) is 0.891. The van der Waals surface area contributed by atoms with Gasteiger partial charge in [0, 0.05) is 18.6 Å². The van der Waals surface area contributed by atoms with Gasteiger partial charge in [-0.05, 0) is 39.4 Å². The molecule has 4 nitrogen and oxygen atoms in total. The van der Waals surface area contributed by atoms with Crippen molar-refractivity contribution >= 4 is 5.82 Å². The first-order valence-electron chi connectivity index (χ1n) is 6.41. The zero-order valence-electron chi connectivity index (χ0n) is 11.9. The van der Waals surface area contributed by atoms with Crippen LogP contribution in [-0.4, -0.2) is 28.8 Å². The summed E-state index contributed by atoms with van der Waals surface area (Å²) >= 11 is 0. The minimum absolute atomic E-state index is 0.00601. The van der Waals surface area contributed by atoms with E-state index < -0.39 is 0 Å². The van der Waals surface area contributed by atoms with E-state index in [1.54, 1.807) is 0 Å². The van der Waals surface area contributed by atoms with Gasteiger partial charge in [-0.25, -0.2) is 0 Å². The molecule has 0 aliphatic rings. The van der Waals surface area contributed by atoms with Crippen molar-refractivity contribution in [2.45, 2.75) is 39.8 Å². The zero-order valence-corrected chi connectivity index (χ0v) is 11.9. The highest BCUT2D eigenvalue weighted by Gasteiger charge is 2.21. The molecule has 0 aromatic carbocycles. The highest BCUT2D eigenvalue weighted by Crippen LogP contribution is 2.20. The summed E-state index contributed by atoms with van der Waals surface area (Å²) in [7, 11) is 0. The summed E-state index contributed by atoms with van der Waals surface area (Å²) in [5.41, 5.74) is 0.972. The van der Waals surface area contributed by atoms with Crippen molar-refractivity contribution in [1.29, 1.82) is 0 Å². The molecule has 0 atom stereocenters. The molecule has 0 aliphatic carbocycles. The average Bonchev–Trinajstić information content (AvgIpc) is 2.33. The highest BCUT2D eigenvalue weighted by atomic mass is 15.3. The van der Waals surface area contributed by atoms with E-state index >= 15 is 0 Å². The van der Waals surface area contributed by atoms with Gasteiger partial charge < -0.3 is 10.2 Å². The van der Waals surface area contributed by atoms with Crippen LogP contribution in [0.3, 0.4) is 0 Å². The molecule has 0 bridgehead atoms. The van der Waals surface area contributed by atoms with Crippen LogP contribution in [-0.2, 0) is 6.54 Å². The van der Waals surface area contributed by atoms with Gasteiger partial charge in [0.2, 0.25) is 0 Å². The second kappa shape index (κ2) is 6.50. The van der Waals surface area contributed by atoms with Gasteiger partial charge in [0.05, 0.1) is 5.69 Å². The van der Waals surface area contributed by atoms with Crippen LogP contribution < -0.4 is 10.2 Å². The van der Waals surface area contributed by atoms with Crippen molar-refractivity contribution in [3.8, 4) is 0 Å². The van der Waals surface area contributed by atoms with Crippen molar-refractivity contribution < 1.29 is 0 Å². The number of rotatable bonds is 6. The van der Waals surface area contributed by atoms with E-state index in [2.05, 4.69) is 54.7 Å². The summed E-state index contributed by atoms with van der Waals surface area (Å²) in [6.45, 7) is 14.8. The van der Waals surface area contributed by atoms with E-state index in [1.165, 1.54) is 0 Å². The van der Waals surface area contributed by atoms with Gasteiger partial charge in [-0.2, -0.15) is 5.10 Å². The Kier molecular flexibility index (Phi) is 5.28. The van der Waals surface area contributed by atoms with Crippen LogP contribution in [0.25, 0.3) is 0 Å². The van der Waals surface area contributed by atoms with Gasteiger partial charge in [0.15, 0.2) is 5.82 Å². The molecule has 0 saturated carbocycles. The fraction of sp³-hybridized carbons (Fsp3) is 0.571. The number of hydrogen-bond donors (Lipinski definition) is 1. The number of nitrogens with one attached hydrogen (secondary N) is 1. The molecule has 1 N–H and O–H groups in total. The SMILES string of the molecule is C=CCN(c1ccc(CNCC)nn1)C(C)(C)C. The van der Waals surface area contributed by atoms with Crippen LogP contribution >= 0.6 is 0 Å². The first-order valence-corrected chi connectivity index (χ1v) is 6.41. The topological polar surface area (TPSA) is 41.0 Å². The molecule has 0 unspecified atom stereocenters. The van der Waals surface area contributed by atoms with Gasteiger partial charge >= 0.3 is 0 Å². The molecule has 0 radical (unpaired) electrons. The predicted molar refractivity (Wildman–Crippen MR) is 76.7 cm³/mol. The lowest BCUT2D eigenvalue weighted by atomic mass is 10.1. The van der Waals surface area contributed by atoms with Crippen molar-refractivity contribution in [1.82, 2.24) is 15.5 Å². The summed E-state index contributed by atoms with van der Waals surface area (Å²) in [6.07, 6.45) is 1.89. The summed E-state index contributed by atoms with van der Waals surface area (Å²) in [4.78, 5) is 2.18. The fourth-order valence-electron chi connectivity index (χ4n) is 1.68. The normalized spacial score (nSPS) is 11.3. The average molecular weight is 248 g/mol. The van der Waals surface area contributed by atoms with Crippen molar-refractivity contribution in [3.05, 3.63) is 30.5 Å². The maximum Gasteiger partial charge on any atom is 0.151 e. The number of aromatic nitrogens is 2. The Morgan fingerprint density at radius 2 is 2.06 bits per heavy atom. The van der Waals surface area contributed by atoms with Gasteiger partial charge in [-0.3, -0.25) is 0 Å². The lowest BCUT2D eigenvalue weighted by Crippen LogP contribution is -2.42. The Balaban J connectivity index is 2.83. The van der Waals surface area contributed by atoms with E-state index in [1.807, 2.05) is 18.2 Å². The largest absolute Gasteiger partial charge is 0.347 e. The number of anilines is 1. The van der Waals surface area contributed by atoms with Crippen LogP contribution in [0, 0.1) is 0 Å². The van der Waals surface area contributed by atoms with Crippen LogP contribution in [0.1, 0.15) is 33.4 Å². The molecule has 4 heteroatoms. The Hall–Kier alpha value is -1.42. The zero-order chi connectivity index (χ0) is 13.6. The van der Waals surface area contributed by atoms with E-state index in [0.717, 1.165) is 31.1 Å². The van der Waals surface area contributed by atoms with Crippen molar-refractivity contribution in [2.24, 2.45) is 0 Å². The van der Waals surface area contributed by atoms with Gasteiger partial charge in [-0.1, -0.05) is 13.0 Å². The smallest absolute Gasteiger partial charge is 0.151 e. The Morgan fingerprint density at radius 1 is 1.33 bits per heavy atom. The monoisotopic (exact) mass is 248 g/mol. The second-order valence-electron chi connectivity index (χ2n) is 5.23. The van der Waals surface area contributed by atoms with Crippen LogP contribution in [0.4, 0.5) is 5.82 Å². The van der Waals surface area contributed by atoms with E-state index in [4.69, 9.17) is 0 Å². The predicted octanol–water partition coefficient (Wildman–Crippen LogP) is 2.38. The third-order valence-corrected chi connectivity index (χ3v) is 2.66. The molecule has 1 aromatic rings. The first kappa shape index (κ1) is 14.6. The van der Waals surface area contributed by atoms with E-state index in [9.17, 15) is 0 Å². The number of nitrogens with zero attached hydrogens (tertiary/aromatic N) is 3. The van der Waals surface area contributed by atoms with Crippen LogP contribution in [0.2, 0.25) is 0 Å². The van der Waals surface area contributed by atoms with E-state index in [-0.39, 0.29) is 5.54 Å². The standard InChI is InChI=1S/C14H24N4/c1-6-10-18(14(3,4)5)13-9-8-12(16-17-13)11-15-7-2/h6,8-9,15H,1,7,10-11H2,2-5H3. The minimum atomic E-state index is 0.00601. The van der Waals surface area contributed by atoms with Gasteiger partial charge in [-0.15, -0.1) is 11.7 Å². The van der Waals surface area contributed by atoms with Gasteiger partial charge in [0.25, 0.3) is 0 Å². The third-order valence-electron chi connectivity index (χ3n) is 2.66. The lowest BCUT2D eigenvalue weighted by Gasteiger charge is -2.35. The summed E-state index contributed by atoms with van der Waals surface area (Å²) < 4.78 is 0. The van der Waals surface area contributed by atoms with Crippen LogP contribution in [0.15, 0.2) is 24.8 Å². The second-order valence-corrected chi connectivity index (χ2v) is 5.23. The van der Waals surface area contributed by atoms with Gasteiger partial charge in [0.1, 0.15) is 0 Å². The first-order chi connectivity index (χ1) is 8.49. The summed E-state index contributed by atoms with van der Waals surface area (Å²) in [5, 5.41) is 11.8. The highest BCUT2D eigenvalue weighted by molar-refractivity contribution is 5.41. The fourth-order valence-corrected chi connectivity index (χ4v) is 1.68.